The van der Waals surface area contributed by atoms with Gasteiger partial charge in [-0.25, -0.2) is 13.6 Å². The van der Waals surface area contributed by atoms with Crippen LogP contribution in [0, 0.1) is 5.92 Å². The lowest BCUT2D eigenvalue weighted by molar-refractivity contribution is -0.117. The van der Waals surface area contributed by atoms with Crippen molar-refractivity contribution in [2.24, 2.45) is 11.1 Å². The minimum atomic E-state index is -3.59. The standard InChI is InChI=1S/C14H19N3O4S/c1-2-16-14(19)11-3-5-12(6-4-11)17-8-10(7-13(17)18)9-22(15,20)21/h3-6,10H,2,7-9H2,1H3,(H,16,19)(H2,15,20,21). The Hall–Kier alpha value is -1.93. The average molecular weight is 325 g/mol. The second-order valence-electron chi connectivity index (χ2n) is 5.31. The van der Waals surface area contributed by atoms with Crippen molar-refractivity contribution >= 4 is 27.5 Å². The molecule has 0 radical (unpaired) electrons. The van der Waals surface area contributed by atoms with Crippen LogP contribution in [0.25, 0.3) is 0 Å². The van der Waals surface area contributed by atoms with Gasteiger partial charge in [-0.05, 0) is 31.2 Å². The molecule has 1 aromatic carbocycles. The van der Waals surface area contributed by atoms with Crippen LogP contribution in [0.3, 0.4) is 0 Å². The molecule has 8 heteroatoms. The lowest BCUT2D eigenvalue weighted by atomic mass is 10.1. The van der Waals surface area contributed by atoms with E-state index < -0.39 is 10.0 Å². The zero-order valence-electron chi connectivity index (χ0n) is 12.3. The summed E-state index contributed by atoms with van der Waals surface area (Å²) in [6.07, 6.45) is 0.161. The van der Waals surface area contributed by atoms with Gasteiger partial charge in [-0.2, -0.15) is 0 Å². The van der Waals surface area contributed by atoms with Crippen LogP contribution in [0.1, 0.15) is 23.7 Å². The molecule has 0 spiro atoms. The first-order valence-corrected chi connectivity index (χ1v) is 8.71. The van der Waals surface area contributed by atoms with E-state index >= 15 is 0 Å². The summed E-state index contributed by atoms with van der Waals surface area (Å²) in [6.45, 7) is 2.69. The van der Waals surface area contributed by atoms with E-state index in [1.165, 1.54) is 4.90 Å². The van der Waals surface area contributed by atoms with Gasteiger partial charge in [-0.3, -0.25) is 9.59 Å². The van der Waals surface area contributed by atoms with Crippen molar-refractivity contribution < 1.29 is 18.0 Å². The molecule has 0 bridgehead atoms. The van der Waals surface area contributed by atoms with Crippen molar-refractivity contribution in [2.45, 2.75) is 13.3 Å². The van der Waals surface area contributed by atoms with Crippen LogP contribution in [0.2, 0.25) is 0 Å². The lowest BCUT2D eigenvalue weighted by Gasteiger charge is -2.17. The number of nitrogens with two attached hydrogens (primary N) is 1. The van der Waals surface area contributed by atoms with E-state index in [0.29, 0.717) is 24.3 Å². The molecule has 0 saturated carbocycles. The van der Waals surface area contributed by atoms with Crippen LogP contribution in [0.5, 0.6) is 0 Å². The summed E-state index contributed by atoms with van der Waals surface area (Å²) in [4.78, 5) is 25.2. The van der Waals surface area contributed by atoms with Crippen LogP contribution < -0.4 is 15.4 Å². The minimum absolute atomic E-state index is 0.139. The van der Waals surface area contributed by atoms with E-state index in [1.807, 2.05) is 6.92 Å². The van der Waals surface area contributed by atoms with Crippen molar-refractivity contribution in [1.82, 2.24) is 5.32 Å². The zero-order chi connectivity index (χ0) is 16.3. The molecular weight excluding hydrogens is 306 g/mol. The number of benzene rings is 1. The maximum atomic E-state index is 12.0. The smallest absolute Gasteiger partial charge is 0.251 e. The molecule has 1 saturated heterocycles. The van der Waals surface area contributed by atoms with Gasteiger partial charge in [-0.15, -0.1) is 0 Å². The van der Waals surface area contributed by atoms with Gasteiger partial charge in [0.1, 0.15) is 0 Å². The Labute approximate surface area is 129 Å². The number of rotatable bonds is 5. The lowest BCUT2D eigenvalue weighted by Crippen LogP contribution is -2.27. The number of primary sulfonamides is 1. The van der Waals surface area contributed by atoms with Gasteiger partial charge in [0.15, 0.2) is 0 Å². The molecule has 7 nitrogen and oxygen atoms in total. The number of nitrogens with one attached hydrogen (secondary N) is 1. The number of amides is 2. The molecule has 3 N–H and O–H groups in total. The fourth-order valence-electron chi connectivity index (χ4n) is 2.53. The fraction of sp³-hybridized carbons (Fsp3) is 0.429. The second-order valence-corrected chi connectivity index (χ2v) is 6.97. The van der Waals surface area contributed by atoms with E-state index in [2.05, 4.69) is 5.32 Å². The third kappa shape index (κ3) is 4.05. The van der Waals surface area contributed by atoms with Crippen LogP contribution in [0.15, 0.2) is 24.3 Å². The molecular formula is C14H19N3O4S. The first kappa shape index (κ1) is 16.4. The Morgan fingerprint density at radius 3 is 2.55 bits per heavy atom. The van der Waals surface area contributed by atoms with Gasteiger partial charge in [0.25, 0.3) is 5.91 Å². The normalized spacial score (nSPS) is 18.5. The third-order valence-corrected chi connectivity index (χ3v) is 4.39. The number of sulfonamides is 1. The van der Waals surface area contributed by atoms with E-state index in [0.717, 1.165) is 0 Å². The Balaban J connectivity index is 2.09. The minimum Gasteiger partial charge on any atom is -0.352 e. The molecule has 120 valence electrons. The average Bonchev–Trinajstić information content (AvgIpc) is 2.77. The predicted molar refractivity (Wildman–Crippen MR) is 82.9 cm³/mol. The summed E-state index contributed by atoms with van der Waals surface area (Å²) in [6, 6.07) is 6.64. The number of carbonyl (C=O) groups is 2. The maximum Gasteiger partial charge on any atom is 0.251 e. The Morgan fingerprint density at radius 2 is 2.00 bits per heavy atom. The van der Waals surface area contributed by atoms with Gasteiger partial charge >= 0.3 is 0 Å². The van der Waals surface area contributed by atoms with Gasteiger partial charge < -0.3 is 10.2 Å². The van der Waals surface area contributed by atoms with Crippen molar-refractivity contribution in [2.75, 3.05) is 23.7 Å². The molecule has 1 fully saturated rings. The molecule has 1 aromatic rings. The fourth-order valence-corrected chi connectivity index (χ4v) is 3.41. The number of nitrogens with zero attached hydrogens (tertiary/aromatic N) is 1. The topological polar surface area (TPSA) is 110 Å². The summed E-state index contributed by atoms with van der Waals surface area (Å²) in [5, 5.41) is 7.72. The first-order valence-electron chi connectivity index (χ1n) is 6.99. The molecule has 0 aliphatic carbocycles. The molecule has 1 heterocycles. The molecule has 1 atom stereocenters. The molecule has 1 aliphatic rings. The van der Waals surface area contributed by atoms with Crippen molar-refractivity contribution in [3.63, 3.8) is 0 Å². The molecule has 1 unspecified atom stereocenters. The summed E-state index contributed by atoms with van der Waals surface area (Å²) in [7, 11) is -3.59. The van der Waals surface area contributed by atoms with Gasteiger partial charge in [0.05, 0.1) is 5.75 Å². The Bertz CT molecular complexity index is 670. The second kappa shape index (κ2) is 6.45. The van der Waals surface area contributed by atoms with E-state index in [4.69, 9.17) is 5.14 Å². The van der Waals surface area contributed by atoms with Crippen LogP contribution in [-0.2, 0) is 14.8 Å². The number of anilines is 1. The SMILES string of the molecule is CCNC(=O)c1ccc(N2CC(CS(N)(=O)=O)CC2=O)cc1. The first-order chi connectivity index (χ1) is 10.3. The highest BCUT2D eigenvalue weighted by Gasteiger charge is 2.32. The van der Waals surface area contributed by atoms with Gasteiger partial charge in [-0.1, -0.05) is 0 Å². The molecule has 1 aliphatic heterocycles. The van der Waals surface area contributed by atoms with Crippen LogP contribution in [-0.4, -0.2) is 39.1 Å². The van der Waals surface area contributed by atoms with Gasteiger partial charge in [0.2, 0.25) is 15.9 Å². The largest absolute Gasteiger partial charge is 0.352 e. The highest BCUT2D eigenvalue weighted by Crippen LogP contribution is 2.26. The highest BCUT2D eigenvalue weighted by molar-refractivity contribution is 7.89. The monoisotopic (exact) mass is 325 g/mol. The summed E-state index contributed by atoms with van der Waals surface area (Å²) in [5.74, 6) is -0.814. The molecule has 22 heavy (non-hydrogen) atoms. The Morgan fingerprint density at radius 1 is 1.36 bits per heavy atom. The van der Waals surface area contributed by atoms with Crippen molar-refractivity contribution in [3.8, 4) is 0 Å². The number of hydrogen-bond acceptors (Lipinski definition) is 4. The number of carbonyl (C=O) groups excluding carboxylic acids is 2. The maximum absolute atomic E-state index is 12.0. The molecule has 2 rings (SSSR count). The van der Waals surface area contributed by atoms with Crippen molar-refractivity contribution in [1.29, 1.82) is 0 Å². The van der Waals surface area contributed by atoms with Crippen molar-refractivity contribution in [3.05, 3.63) is 29.8 Å². The van der Waals surface area contributed by atoms with E-state index in [-0.39, 0.29) is 29.9 Å². The predicted octanol–water partition coefficient (Wildman–Crippen LogP) is 0.0777. The quantitative estimate of drug-likeness (QED) is 0.798. The van der Waals surface area contributed by atoms with E-state index in [9.17, 15) is 18.0 Å². The number of hydrogen-bond donors (Lipinski definition) is 2. The van der Waals surface area contributed by atoms with Gasteiger partial charge in [0, 0.05) is 36.7 Å². The van der Waals surface area contributed by atoms with Crippen LogP contribution in [0.4, 0.5) is 5.69 Å². The highest BCUT2D eigenvalue weighted by atomic mass is 32.2. The van der Waals surface area contributed by atoms with E-state index in [1.54, 1.807) is 24.3 Å². The summed E-state index contributed by atoms with van der Waals surface area (Å²) >= 11 is 0. The zero-order valence-corrected chi connectivity index (χ0v) is 13.1. The molecule has 0 aromatic heterocycles. The Kier molecular flexibility index (Phi) is 4.82. The summed E-state index contributed by atoms with van der Waals surface area (Å²) in [5.41, 5.74) is 1.16. The van der Waals surface area contributed by atoms with Crippen LogP contribution >= 0.6 is 0 Å². The molecule has 2 amide bonds. The summed E-state index contributed by atoms with van der Waals surface area (Å²) < 4.78 is 22.2. The third-order valence-electron chi connectivity index (χ3n) is 3.45.